The average molecular weight is 183 g/mol. The van der Waals surface area contributed by atoms with E-state index in [2.05, 4.69) is 0 Å². The fourth-order valence-corrected chi connectivity index (χ4v) is 0.876. The molecule has 3 heteroatoms. The Balaban J connectivity index is -0.000000339. The van der Waals surface area contributed by atoms with Crippen molar-refractivity contribution >= 4 is 11.9 Å². The fourth-order valence-electron chi connectivity index (χ4n) is 0.876. The summed E-state index contributed by atoms with van der Waals surface area (Å²) in [5, 5.41) is 7.01. The first-order chi connectivity index (χ1) is 6.27. The minimum Gasteiger partial charge on any atom is -0.398 e. The van der Waals surface area contributed by atoms with E-state index < -0.39 is 0 Å². The van der Waals surface area contributed by atoms with Crippen LogP contribution >= 0.6 is 0 Å². The Bertz CT molecular complexity index is 277. The number of nitrogen functional groups attached to an aromatic ring is 1. The van der Waals surface area contributed by atoms with Gasteiger partial charge in [-0.1, -0.05) is 19.9 Å². The molecule has 0 saturated heterocycles. The molecule has 0 bridgehead atoms. The first kappa shape index (κ1) is 11.6. The summed E-state index contributed by atoms with van der Waals surface area (Å²) in [4.78, 5) is 0. The third-order valence-electron chi connectivity index (χ3n) is 1.54. The van der Waals surface area contributed by atoms with Crippen LogP contribution < -0.4 is 11.5 Å². The molecule has 13 heavy (non-hydrogen) atoms. The molecule has 0 aliphatic rings. The number of rotatable bonds is 2. The SMILES string of the molecule is CC.N=Cc1cc(CN)ccc1N.[HH].[HH]. The van der Waals surface area contributed by atoms with Crippen LogP contribution in [0.2, 0.25) is 0 Å². The van der Waals surface area contributed by atoms with E-state index in [1.807, 2.05) is 26.0 Å². The van der Waals surface area contributed by atoms with Gasteiger partial charge in [-0.05, 0) is 17.7 Å². The second kappa shape index (κ2) is 6.20. The minimum absolute atomic E-state index is 0. The molecule has 3 nitrogen and oxygen atoms in total. The molecule has 0 aliphatic carbocycles. The number of nitrogens with two attached hydrogens (primary N) is 2. The van der Waals surface area contributed by atoms with Crippen molar-refractivity contribution in [3.8, 4) is 0 Å². The van der Waals surface area contributed by atoms with E-state index in [0.717, 1.165) is 11.1 Å². The van der Waals surface area contributed by atoms with Crippen molar-refractivity contribution in [1.29, 1.82) is 5.41 Å². The smallest absolute Gasteiger partial charge is 0.0403 e. The van der Waals surface area contributed by atoms with Crippen molar-refractivity contribution < 1.29 is 2.85 Å². The lowest BCUT2D eigenvalue weighted by Crippen LogP contribution is -1.99. The van der Waals surface area contributed by atoms with Crippen LogP contribution in [0.3, 0.4) is 0 Å². The molecule has 0 saturated carbocycles. The summed E-state index contributed by atoms with van der Waals surface area (Å²) in [5.74, 6) is 0. The van der Waals surface area contributed by atoms with Gasteiger partial charge < -0.3 is 16.9 Å². The predicted molar refractivity (Wildman–Crippen MR) is 62.2 cm³/mol. The zero-order valence-electron chi connectivity index (χ0n) is 8.17. The molecular weight excluding hydrogens is 162 g/mol. The van der Waals surface area contributed by atoms with Crippen LogP contribution in [-0.4, -0.2) is 6.21 Å². The van der Waals surface area contributed by atoms with Crippen molar-refractivity contribution in [2.75, 3.05) is 5.73 Å². The standard InChI is InChI=1S/C8H11N3.C2H6.2H2/c9-4-6-1-2-8(11)7(3-6)5-10;1-2;;/h1-3,5,10H,4,9,11H2;1-2H3;2*1H. The predicted octanol–water partition coefficient (Wildman–Crippen LogP) is 2.24. The maximum absolute atomic E-state index is 7.01. The maximum atomic E-state index is 7.01. The molecule has 0 radical (unpaired) electrons. The molecule has 0 aliphatic heterocycles. The molecule has 1 rings (SSSR count). The first-order valence-corrected chi connectivity index (χ1v) is 4.37. The third kappa shape index (κ3) is 3.25. The van der Waals surface area contributed by atoms with Crippen molar-refractivity contribution in [1.82, 2.24) is 0 Å². The summed E-state index contributed by atoms with van der Waals surface area (Å²) < 4.78 is 0. The van der Waals surface area contributed by atoms with Gasteiger partial charge in [0, 0.05) is 26.9 Å². The summed E-state index contributed by atoms with van der Waals surface area (Å²) in [7, 11) is 0. The van der Waals surface area contributed by atoms with Crippen molar-refractivity contribution in [2.24, 2.45) is 5.73 Å². The van der Waals surface area contributed by atoms with E-state index in [0.29, 0.717) is 12.2 Å². The molecule has 0 amide bonds. The van der Waals surface area contributed by atoms with Crippen molar-refractivity contribution in [3.63, 3.8) is 0 Å². The average Bonchev–Trinajstić information content (AvgIpc) is 2.22. The molecule has 0 atom stereocenters. The van der Waals surface area contributed by atoms with Gasteiger partial charge in [0.2, 0.25) is 0 Å². The van der Waals surface area contributed by atoms with E-state index in [1.165, 1.54) is 6.21 Å². The van der Waals surface area contributed by atoms with Crippen LogP contribution in [0.4, 0.5) is 5.69 Å². The second-order valence-electron chi connectivity index (χ2n) is 2.31. The molecule has 0 unspecified atom stereocenters. The third-order valence-corrected chi connectivity index (χ3v) is 1.54. The van der Waals surface area contributed by atoms with E-state index in [4.69, 9.17) is 16.9 Å². The summed E-state index contributed by atoms with van der Waals surface area (Å²) in [6.07, 6.45) is 1.23. The van der Waals surface area contributed by atoms with E-state index >= 15 is 0 Å². The van der Waals surface area contributed by atoms with Gasteiger partial charge in [0.1, 0.15) is 0 Å². The largest absolute Gasteiger partial charge is 0.398 e. The zero-order valence-corrected chi connectivity index (χ0v) is 8.17. The number of benzene rings is 1. The number of anilines is 1. The van der Waals surface area contributed by atoms with E-state index in [9.17, 15) is 0 Å². The Hall–Kier alpha value is -1.35. The second-order valence-corrected chi connectivity index (χ2v) is 2.31. The number of nitrogens with one attached hydrogen (secondary N) is 1. The van der Waals surface area contributed by atoms with Gasteiger partial charge in [0.25, 0.3) is 0 Å². The van der Waals surface area contributed by atoms with Gasteiger partial charge >= 0.3 is 0 Å². The topological polar surface area (TPSA) is 75.9 Å². The normalized spacial score (nSPS) is 8.54. The highest BCUT2D eigenvalue weighted by atomic mass is 14.6. The lowest BCUT2D eigenvalue weighted by Gasteiger charge is -2.01. The number of hydrogen-bond donors (Lipinski definition) is 3. The summed E-state index contributed by atoms with van der Waals surface area (Å²) in [6, 6.07) is 5.45. The van der Waals surface area contributed by atoms with Gasteiger partial charge in [0.05, 0.1) is 0 Å². The van der Waals surface area contributed by atoms with Crippen molar-refractivity contribution in [3.05, 3.63) is 29.3 Å². The fraction of sp³-hybridized carbons (Fsp3) is 0.300. The Morgan fingerprint density at radius 3 is 2.54 bits per heavy atom. The molecule has 76 valence electrons. The van der Waals surface area contributed by atoms with Crippen LogP contribution in [0.1, 0.15) is 27.8 Å². The molecule has 1 aromatic rings. The quantitative estimate of drug-likeness (QED) is 0.486. The summed E-state index contributed by atoms with van der Waals surface area (Å²) >= 11 is 0. The van der Waals surface area contributed by atoms with Gasteiger partial charge in [-0.25, -0.2) is 0 Å². The van der Waals surface area contributed by atoms with Gasteiger partial charge in [0.15, 0.2) is 0 Å². The molecule has 0 spiro atoms. The van der Waals surface area contributed by atoms with Gasteiger partial charge in [-0.2, -0.15) is 0 Å². The Morgan fingerprint density at radius 1 is 1.46 bits per heavy atom. The van der Waals surface area contributed by atoms with Crippen molar-refractivity contribution in [2.45, 2.75) is 20.4 Å². The molecule has 0 aromatic heterocycles. The Labute approximate surface area is 82.2 Å². The molecule has 0 heterocycles. The van der Waals surface area contributed by atoms with Crippen LogP contribution in [0, 0.1) is 5.41 Å². The lowest BCUT2D eigenvalue weighted by molar-refractivity contribution is 1.07. The van der Waals surface area contributed by atoms with E-state index in [1.54, 1.807) is 6.07 Å². The molecule has 0 fully saturated rings. The van der Waals surface area contributed by atoms with Gasteiger partial charge in [-0.3, -0.25) is 0 Å². The molecule has 1 aromatic carbocycles. The minimum atomic E-state index is 0. The Kier molecular flexibility index (Phi) is 5.55. The van der Waals surface area contributed by atoms with Crippen LogP contribution in [0.5, 0.6) is 0 Å². The number of hydrogen-bond acceptors (Lipinski definition) is 3. The highest BCUT2D eigenvalue weighted by molar-refractivity contribution is 5.85. The maximum Gasteiger partial charge on any atom is 0.0403 e. The Morgan fingerprint density at radius 2 is 2.08 bits per heavy atom. The monoisotopic (exact) mass is 183 g/mol. The van der Waals surface area contributed by atoms with Crippen LogP contribution in [0.25, 0.3) is 0 Å². The first-order valence-electron chi connectivity index (χ1n) is 4.37. The highest BCUT2D eigenvalue weighted by Crippen LogP contribution is 2.10. The molecular formula is C10H21N3. The summed E-state index contributed by atoms with van der Waals surface area (Å²) in [6.45, 7) is 4.49. The lowest BCUT2D eigenvalue weighted by atomic mass is 10.1. The van der Waals surface area contributed by atoms with Crippen LogP contribution in [-0.2, 0) is 6.54 Å². The van der Waals surface area contributed by atoms with Gasteiger partial charge in [-0.15, -0.1) is 0 Å². The highest BCUT2D eigenvalue weighted by Gasteiger charge is 1.95. The molecule has 5 N–H and O–H groups in total. The zero-order chi connectivity index (χ0) is 10.3. The summed E-state index contributed by atoms with van der Waals surface area (Å²) in [5.41, 5.74) is 13.3. The van der Waals surface area contributed by atoms with Crippen LogP contribution in [0.15, 0.2) is 18.2 Å². The van der Waals surface area contributed by atoms with E-state index in [-0.39, 0.29) is 2.85 Å².